The highest BCUT2D eigenvalue weighted by molar-refractivity contribution is 9.09. The van der Waals surface area contributed by atoms with E-state index in [9.17, 15) is 8.42 Å². The minimum absolute atomic E-state index is 0.0229. The van der Waals surface area contributed by atoms with Gasteiger partial charge in [-0.15, -0.1) is 0 Å². The molecule has 2 rings (SSSR count). The SMILES string of the molecule is O=S1(=O)CCC(C(CBr)(CBr)Cc2ccccc2)C1. The second kappa shape index (κ2) is 6.27. The van der Waals surface area contributed by atoms with Crippen LogP contribution in [-0.4, -0.2) is 30.6 Å². The summed E-state index contributed by atoms with van der Waals surface area (Å²) in [6.07, 6.45) is 1.69. The normalized spacial score (nSPS) is 22.5. The van der Waals surface area contributed by atoms with Crippen molar-refractivity contribution in [3.63, 3.8) is 0 Å². The summed E-state index contributed by atoms with van der Waals surface area (Å²) >= 11 is 7.23. The molecule has 1 fully saturated rings. The third-order valence-corrected chi connectivity index (χ3v) is 8.03. The van der Waals surface area contributed by atoms with Crippen molar-refractivity contribution < 1.29 is 8.42 Å². The molecule has 1 aliphatic rings. The van der Waals surface area contributed by atoms with Crippen LogP contribution in [-0.2, 0) is 16.3 Å². The fourth-order valence-electron chi connectivity index (χ4n) is 2.77. The van der Waals surface area contributed by atoms with E-state index in [1.807, 2.05) is 18.2 Å². The molecule has 1 atom stereocenters. The molecule has 1 saturated heterocycles. The first-order valence-corrected chi connectivity index (χ1v) is 10.4. The number of benzene rings is 1. The monoisotopic (exact) mass is 408 g/mol. The van der Waals surface area contributed by atoms with E-state index in [0.717, 1.165) is 23.5 Å². The van der Waals surface area contributed by atoms with E-state index in [0.29, 0.717) is 11.5 Å². The molecule has 2 nitrogen and oxygen atoms in total. The van der Waals surface area contributed by atoms with Crippen molar-refractivity contribution in [1.82, 2.24) is 0 Å². The lowest BCUT2D eigenvalue weighted by Crippen LogP contribution is -2.37. The van der Waals surface area contributed by atoms with Crippen molar-refractivity contribution in [3.05, 3.63) is 35.9 Å². The smallest absolute Gasteiger partial charge is 0.150 e. The highest BCUT2D eigenvalue weighted by Gasteiger charge is 2.43. The van der Waals surface area contributed by atoms with Crippen molar-refractivity contribution in [2.24, 2.45) is 11.3 Å². The van der Waals surface area contributed by atoms with Crippen LogP contribution < -0.4 is 0 Å². The van der Waals surface area contributed by atoms with E-state index in [1.54, 1.807) is 0 Å². The molecule has 5 heteroatoms. The first-order chi connectivity index (χ1) is 9.01. The summed E-state index contributed by atoms with van der Waals surface area (Å²) in [5.74, 6) is 0.905. The average Bonchev–Trinajstić information content (AvgIpc) is 2.78. The summed E-state index contributed by atoms with van der Waals surface area (Å²) in [5, 5.41) is 1.64. The summed E-state index contributed by atoms with van der Waals surface area (Å²) < 4.78 is 23.5. The fraction of sp³-hybridized carbons (Fsp3) is 0.571. The highest BCUT2D eigenvalue weighted by Crippen LogP contribution is 2.41. The summed E-state index contributed by atoms with van der Waals surface area (Å²) in [7, 11) is -2.83. The quantitative estimate of drug-likeness (QED) is 0.698. The molecule has 0 amide bonds. The molecule has 1 heterocycles. The highest BCUT2D eigenvalue weighted by atomic mass is 79.9. The molecule has 19 heavy (non-hydrogen) atoms. The largest absolute Gasteiger partial charge is 0.229 e. The van der Waals surface area contributed by atoms with Crippen molar-refractivity contribution in [2.45, 2.75) is 12.8 Å². The van der Waals surface area contributed by atoms with Gasteiger partial charge in [-0.1, -0.05) is 62.2 Å². The van der Waals surface area contributed by atoms with Gasteiger partial charge in [0.15, 0.2) is 9.84 Å². The topological polar surface area (TPSA) is 34.1 Å². The van der Waals surface area contributed by atoms with E-state index in [1.165, 1.54) is 5.56 Å². The van der Waals surface area contributed by atoms with E-state index < -0.39 is 9.84 Å². The minimum Gasteiger partial charge on any atom is -0.229 e. The van der Waals surface area contributed by atoms with Crippen molar-refractivity contribution in [1.29, 1.82) is 0 Å². The van der Waals surface area contributed by atoms with E-state index in [2.05, 4.69) is 44.0 Å². The second-order valence-electron chi connectivity index (χ2n) is 5.39. The zero-order chi connectivity index (χ0) is 13.9. The molecule has 0 radical (unpaired) electrons. The number of rotatable bonds is 5. The van der Waals surface area contributed by atoms with Crippen LogP contribution in [0.15, 0.2) is 30.3 Å². The van der Waals surface area contributed by atoms with Gasteiger partial charge in [-0.05, 0) is 29.7 Å². The van der Waals surface area contributed by atoms with Crippen LogP contribution in [0.4, 0.5) is 0 Å². The van der Waals surface area contributed by atoms with Crippen LogP contribution in [0.25, 0.3) is 0 Å². The molecule has 1 unspecified atom stereocenters. The standard InChI is InChI=1S/C14H18Br2O2S/c15-10-14(11-16,8-12-4-2-1-3-5-12)13-6-7-19(17,18)9-13/h1-5,13H,6-11H2. The Morgan fingerprint density at radius 1 is 1.16 bits per heavy atom. The summed E-state index contributed by atoms with van der Waals surface area (Å²) in [4.78, 5) is 0. The van der Waals surface area contributed by atoms with Gasteiger partial charge in [-0.3, -0.25) is 0 Å². The first-order valence-electron chi connectivity index (χ1n) is 6.38. The molecule has 1 aromatic carbocycles. The van der Waals surface area contributed by atoms with Crippen LogP contribution >= 0.6 is 31.9 Å². The number of halogens is 2. The van der Waals surface area contributed by atoms with E-state index in [-0.39, 0.29) is 11.3 Å². The van der Waals surface area contributed by atoms with Crippen molar-refractivity contribution in [3.8, 4) is 0 Å². The third kappa shape index (κ3) is 3.61. The molecule has 0 saturated carbocycles. The minimum atomic E-state index is -2.83. The van der Waals surface area contributed by atoms with Crippen LogP contribution in [0.2, 0.25) is 0 Å². The van der Waals surface area contributed by atoms with Gasteiger partial charge < -0.3 is 0 Å². The zero-order valence-corrected chi connectivity index (χ0v) is 14.7. The lowest BCUT2D eigenvalue weighted by Gasteiger charge is -2.36. The molecule has 0 aliphatic carbocycles. The number of hydrogen-bond acceptors (Lipinski definition) is 2. The lowest BCUT2D eigenvalue weighted by atomic mass is 9.74. The Morgan fingerprint density at radius 3 is 2.26 bits per heavy atom. The van der Waals surface area contributed by atoms with E-state index >= 15 is 0 Å². The Balaban J connectivity index is 2.23. The number of sulfone groups is 1. The third-order valence-electron chi connectivity index (χ3n) is 4.03. The second-order valence-corrected chi connectivity index (χ2v) is 8.74. The number of alkyl halides is 2. The van der Waals surface area contributed by atoms with Gasteiger partial charge in [-0.25, -0.2) is 8.42 Å². The van der Waals surface area contributed by atoms with Crippen molar-refractivity contribution >= 4 is 41.7 Å². The van der Waals surface area contributed by atoms with Crippen molar-refractivity contribution in [2.75, 3.05) is 22.2 Å². The Bertz CT molecular complexity index is 510. The fourth-order valence-corrected chi connectivity index (χ4v) is 6.96. The van der Waals surface area contributed by atoms with Gasteiger partial charge >= 0.3 is 0 Å². The summed E-state index contributed by atoms with van der Waals surface area (Å²) in [5.41, 5.74) is 1.25. The molecule has 0 spiro atoms. The number of hydrogen-bond donors (Lipinski definition) is 0. The maximum absolute atomic E-state index is 11.7. The molecular weight excluding hydrogens is 392 g/mol. The summed E-state index contributed by atoms with van der Waals surface area (Å²) in [6, 6.07) is 10.3. The predicted molar refractivity (Wildman–Crippen MR) is 86.9 cm³/mol. The van der Waals surface area contributed by atoms with Gasteiger partial charge in [-0.2, -0.15) is 0 Å². The van der Waals surface area contributed by atoms with Gasteiger partial charge in [0.1, 0.15) is 0 Å². The molecule has 1 aliphatic heterocycles. The lowest BCUT2D eigenvalue weighted by molar-refractivity contribution is 0.253. The van der Waals surface area contributed by atoms with Gasteiger partial charge in [0.05, 0.1) is 11.5 Å². The van der Waals surface area contributed by atoms with Gasteiger partial charge in [0.25, 0.3) is 0 Å². The zero-order valence-electron chi connectivity index (χ0n) is 10.7. The molecule has 0 aromatic heterocycles. The van der Waals surface area contributed by atoms with Gasteiger partial charge in [0.2, 0.25) is 0 Å². The van der Waals surface area contributed by atoms with E-state index in [4.69, 9.17) is 0 Å². The van der Waals surface area contributed by atoms with Gasteiger partial charge in [0, 0.05) is 10.7 Å². The molecular formula is C14H18Br2O2S. The van der Waals surface area contributed by atoms with Crippen LogP contribution in [0.1, 0.15) is 12.0 Å². The molecule has 106 valence electrons. The average molecular weight is 410 g/mol. The van der Waals surface area contributed by atoms with Crippen LogP contribution in [0.5, 0.6) is 0 Å². The Labute approximate surface area is 132 Å². The van der Waals surface area contributed by atoms with Crippen LogP contribution in [0.3, 0.4) is 0 Å². The van der Waals surface area contributed by atoms with Crippen LogP contribution in [0, 0.1) is 11.3 Å². The molecule has 1 aromatic rings. The summed E-state index contributed by atoms with van der Waals surface area (Å²) in [6.45, 7) is 0. The Kier molecular flexibility index (Phi) is 5.12. The predicted octanol–water partition coefficient (Wildman–Crippen LogP) is 3.44. The first kappa shape index (κ1) is 15.5. The Morgan fingerprint density at radius 2 is 1.79 bits per heavy atom. The maximum Gasteiger partial charge on any atom is 0.150 e. The maximum atomic E-state index is 11.7. The Hall–Kier alpha value is 0.130. The molecule has 0 N–H and O–H groups in total. The molecule has 0 bridgehead atoms.